The molecule has 1 heterocycles. The van der Waals surface area contributed by atoms with Gasteiger partial charge in [0.05, 0.1) is 10.6 Å². The average molecular weight is 398 g/mol. The van der Waals surface area contributed by atoms with Crippen molar-refractivity contribution < 1.29 is 26.4 Å². The van der Waals surface area contributed by atoms with Crippen LogP contribution >= 0.6 is 0 Å². The number of carbonyl (C=O) groups is 1. The van der Waals surface area contributed by atoms with E-state index in [0.717, 1.165) is 16.4 Å². The number of piperidine rings is 1. The quantitative estimate of drug-likeness (QED) is 0.861. The normalized spacial score (nSPS) is 16.3. The molecule has 1 fully saturated rings. The van der Waals surface area contributed by atoms with Crippen LogP contribution in [0.5, 0.6) is 0 Å². The molecular formula is C18H17F3N2O3S. The molecule has 3 rings (SSSR count). The second kappa shape index (κ2) is 7.69. The van der Waals surface area contributed by atoms with Gasteiger partial charge < -0.3 is 5.32 Å². The molecule has 2 aromatic carbocycles. The molecule has 1 saturated heterocycles. The van der Waals surface area contributed by atoms with Crippen LogP contribution in [0.15, 0.2) is 47.4 Å². The molecule has 27 heavy (non-hydrogen) atoms. The van der Waals surface area contributed by atoms with Gasteiger partial charge in [-0.2, -0.15) is 4.31 Å². The van der Waals surface area contributed by atoms with E-state index in [-0.39, 0.29) is 42.4 Å². The Morgan fingerprint density at radius 1 is 0.963 bits per heavy atom. The Kier molecular flexibility index (Phi) is 5.52. The fourth-order valence-electron chi connectivity index (χ4n) is 2.94. The monoisotopic (exact) mass is 398 g/mol. The molecule has 1 N–H and O–H groups in total. The number of halogens is 3. The summed E-state index contributed by atoms with van der Waals surface area (Å²) < 4.78 is 66.2. The van der Waals surface area contributed by atoms with Crippen LogP contribution in [-0.2, 0) is 14.8 Å². The van der Waals surface area contributed by atoms with Crippen molar-refractivity contribution in [2.45, 2.75) is 17.7 Å². The second-order valence-electron chi connectivity index (χ2n) is 6.22. The Hall–Kier alpha value is -2.39. The van der Waals surface area contributed by atoms with Gasteiger partial charge in [0, 0.05) is 19.0 Å². The Balaban J connectivity index is 1.65. The first-order valence-corrected chi connectivity index (χ1v) is 9.73. The predicted octanol–water partition coefficient (Wildman–Crippen LogP) is 3.14. The molecule has 144 valence electrons. The van der Waals surface area contributed by atoms with Gasteiger partial charge in [-0.25, -0.2) is 21.6 Å². The summed E-state index contributed by atoms with van der Waals surface area (Å²) >= 11 is 0. The number of benzene rings is 2. The van der Waals surface area contributed by atoms with Crippen LogP contribution < -0.4 is 5.32 Å². The third-order valence-electron chi connectivity index (χ3n) is 4.49. The van der Waals surface area contributed by atoms with Crippen LogP contribution in [0, 0.1) is 23.4 Å². The average Bonchev–Trinajstić information content (AvgIpc) is 2.65. The van der Waals surface area contributed by atoms with Gasteiger partial charge in [0.2, 0.25) is 15.9 Å². The van der Waals surface area contributed by atoms with Crippen molar-refractivity contribution in [1.29, 1.82) is 0 Å². The third kappa shape index (κ3) is 4.14. The van der Waals surface area contributed by atoms with Gasteiger partial charge >= 0.3 is 0 Å². The maximum Gasteiger partial charge on any atom is 0.243 e. The first-order valence-electron chi connectivity index (χ1n) is 8.29. The highest BCUT2D eigenvalue weighted by Crippen LogP contribution is 2.26. The van der Waals surface area contributed by atoms with Gasteiger partial charge in [-0.1, -0.05) is 12.1 Å². The zero-order valence-electron chi connectivity index (χ0n) is 14.2. The molecule has 1 amide bonds. The lowest BCUT2D eigenvalue weighted by Gasteiger charge is -2.30. The van der Waals surface area contributed by atoms with Crippen molar-refractivity contribution in [2.24, 2.45) is 5.92 Å². The van der Waals surface area contributed by atoms with E-state index >= 15 is 0 Å². The van der Waals surface area contributed by atoms with Crippen LogP contribution in [0.2, 0.25) is 0 Å². The maximum absolute atomic E-state index is 13.6. The number of hydrogen-bond acceptors (Lipinski definition) is 3. The summed E-state index contributed by atoms with van der Waals surface area (Å²) in [5.41, 5.74) is 0.0688. The van der Waals surface area contributed by atoms with Crippen molar-refractivity contribution in [3.05, 3.63) is 59.9 Å². The number of para-hydroxylation sites is 1. The number of nitrogens with one attached hydrogen (secondary N) is 1. The third-order valence-corrected chi connectivity index (χ3v) is 6.38. The van der Waals surface area contributed by atoms with E-state index in [9.17, 15) is 26.4 Å². The van der Waals surface area contributed by atoms with Crippen LogP contribution in [0.25, 0.3) is 0 Å². The molecule has 1 aliphatic rings. The number of carbonyl (C=O) groups excluding carboxylic acids is 1. The number of rotatable bonds is 4. The zero-order valence-corrected chi connectivity index (χ0v) is 15.0. The van der Waals surface area contributed by atoms with Gasteiger partial charge in [-0.3, -0.25) is 4.79 Å². The molecule has 0 bridgehead atoms. The van der Waals surface area contributed by atoms with Crippen molar-refractivity contribution in [3.63, 3.8) is 0 Å². The molecule has 0 spiro atoms. The summed E-state index contributed by atoms with van der Waals surface area (Å²) in [6.07, 6.45) is 0.479. The van der Waals surface area contributed by atoms with E-state index in [4.69, 9.17) is 0 Å². The van der Waals surface area contributed by atoms with E-state index < -0.39 is 33.4 Å². The molecule has 0 saturated carbocycles. The second-order valence-corrected chi connectivity index (χ2v) is 8.16. The van der Waals surface area contributed by atoms with Crippen molar-refractivity contribution in [3.8, 4) is 0 Å². The highest BCUT2D eigenvalue weighted by atomic mass is 32.2. The van der Waals surface area contributed by atoms with Crippen LogP contribution in [-0.4, -0.2) is 31.7 Å². The SMILES string of the molecule is O=C(Nc1ccccc1F)C1CCN(S(=O)(=O)c2ccc(F)c(F)c2)CC1. The Morgan fingerprint density at radius 3 is 2.26 bits per heavy atom. The standard InChI is InChI=1S/C18H17F3N2O3S/c19-14-6-5-13(11-16(14)21)27(25,26)23-9-7-12(8-10-23)18(24)22-17-4-2-1-3-15(17)20/h1-6,11-12H,7-10H2,(H,22,24). The molecule has 1 aliphatic heterocycles. The molecule has 0 unspecified atom stereocenters. The molecule has 0 atom stereocenters. The molecule has 0 aliphatic carbocycles. The number of anilines is 1. The lowest BCUT2D eigenvalue weighted by atomic mass is 9.97. The zero-order chi connectivity index (χ0) is 19.6. The highest BCUT2D eigenvalue weighted by Gasteiger charge is 2.32. The molecular weight excluding hydrogens is 381 g/mol. The van der Waals surface area contributed by atoms with E-state index in [1.807, 2.05) is 0 Å². The number of sulfonamides is 1. The molecule has 2 aromatic rings. The molecule has 0 radical (unpaired) electrons. The van der Waals surface area contributed by atoms with Gasteiger partial charge in [-0.15, -0.1) is 0 Å². The minimum atomic E-state index is -3.98. The van der Waals surface area contributed by atoms with Gasteiger partial charge in [0.25, 0.3) is 0 Å². The van der Waals surface area contributed by atoms with E-state index in [0.29, 0.717) is 6.07 Å². The first kappa shape index (κ1) is 19.4. The number of hydrogen-bond donors (Lipinski definition) is 1. The van der Waals surface area contributed by atoms with Crippen molar-refractivity contribution in [1.82, 2.24) is 4.31 Å². The molecule has 5 nitrogen and oxygen atoms in total. The van der Waals surface area contributed by atoms with Crippen molar-refractivity contribution >= 4 is 21.6 Å². The van der Waals surface area contributed by atoms with E-state index in [1.165, 1.54) is 18.2 Å². The van der Waals surface area contributed by atoms with Crippen LogP contribution in [0.4, 0.5) is 18.9 Å². The smallest absolute Gasteiger partial charge is 0.243 e. The van der Waals surface area contributed by atoms with Gasteiger partial charge in [-0.05, 0) is 43.2 Å². The topological polar surface area (TPSA) is 66.5 Å². The summed E-state index contributed by atoms with van der Waals surface area (Å²) in [6, 6.07) is 8.17. The highest BCUT2D eigenvalue weighted by molar-refractivity contribution is 7.89. The predicted molar refractivity (Wildman–Crippen MR) is 92.9 cm³/mol. The number of nitrogens with zero attached hydrogens (tertiary/aromatic N) is 1. The Bertz CT molecular complexity index is 958. The minimum Gasteiger partial charge on any atom is -0.323 e. The van der Waals surface area contributed by atoms with Crippen molar-refractivity contribution in [2.75, 3.05) is 18.4 Å². The number of amides is 1. The maximum atomic E-state index is 13.6. The summed E-state index contributed by atoms with van der Waals surface area (Å²) in [7, 11) is -3.98. The lowest BCUT2D eigenvalue weighted by Crippen LogP contribution is -2.41. The molecule has 9 heteroatoms. The van der Waals surface area contributed by atoms with Crippen LogP contribution in [0.1, 0.15) is 12.8 Å². The summed E-state index contributed by atoms with van der Waals surface area (Å²) in [5, 5.41) is 2.51. The largest absolute Gasteiger partial charge is 0.323 e. The summed E-state index contributed by atoms with van der Waals surface area (Å²) in [6.45, 7) is 0.105. The van der Waals surface area contributed by atoms with E-state index in [1.54, 1.807) is 6.07 Å². The van der Waals surface area contributed by atoms with Gasteiger partial charge in [0.1, 0.15) is 5.82 Å². The summed E-state index contributed by atoms with van der Waals surface area (Å²) in [5.74, 6) is -3.78. The molecule has 0 aromatic heterocycles. The fourth-order valence-corrected chi connectivity index (χ4v) is 4.42. The first-order chi connectivity index (χ1) is 12.8. The lowest BCUT2D eigenvalue weighted by molar-refractivity contribution is -0.120. The Labute approximate surface area is 154 Å². The van der Waals surface area contributed by atoms with E-state index in [2.05, 4.69) is 5.32 Å². The Morgan fingerprint density at radius 2 is 1.63 bits per heavy atom. The summed E-state index contributed by atoms with van der Waals surface area (Å²) in [4.78, 5) is 12.0. The van der Waals surface area contributed by atoms with Crippen LogP contribution in [0.3, 0.4) is 0 Å². The fraction of sp³-hybridized carbons (Fsp3) is 0.278. The minimum absolute atomic E-state index is 0.0523. The van der Waals surface area contributed by atoms with Gasteiger partial charge in [0.15, 0.2) is 11.6 Å².